The van der Waals surface area contributed by atoms with Crippen LogP contribution in [0, 0.1) is 0 Å². The van der Waals surface area contributed by atoms with E-state index in [0.717, 1.165) is 0 Å². The Morgan fingerprint density at radius 3 is 2.36 bits per heavy atom. The number of halogens is 1. The van der Waals surface area contributed by atoms with Gasteiger partial charge < -0.3 is 4.74 Å². The highest BCUT2D eigenvalue weighted by Crippen LogP contribution is 2.24. The highest BCUT2D eigenvalue weighted by Gasteiger charge is 2.16. The summed E-state index contributed by atoms with van der Waals surface area (Å²) in [7, 11) is 0. The Morgan fingerprint density at radius 1 is 1.29 bits per heavy atom. The number of benzene rings is 1. The second kappa shape index (κ2) is 4.01. The predicted molar refractivity (Wildman–Crippen MR) is 57.0 cm³/mol. The normalized spacial score (nSPS) is 11.1. The molecule has 0 fully saturated rings. The molecule has 0 saturated carbocycles. The maximum Gasteiger partial charge on any atom is 0.256 e. The van der Waals surface area contributed by atoms with Crippen molar-refractivity contribution in [2.24, 2.45) is 0 Å². The first kappa shape index (κ1) is 11.1. The van der Waals surface area contributed by atoms with Gasteiger partial charge in [-0.2, -0.15) is 0 Å². The van der Waals surface area contributed by atoms with Crippen molar-refractivity contribution in [1.82, 2.24) is 0 Å². The van der Waals surface area contributed by atoms with Crippen LogP contribution in [0.1, 0.15) is 31.1 Å². The van der Waals surface area contributed by atoms with Crippen LogP contribution in [0.25, 0.3) is 0 Å². The first-order chi connectivity index (χ1) is 6.40. The molecule has 0 aliphatic carbocycles. The predicted octanol–water partition coefficient (Wildman–Crippen LogP) is 3.24. The molecule has 0 radical (unpaired) electrons. The van der Waals surface area contributed by atoms with Gasteiger partial charge in [-0.25, -0.2) is 0 Å². The Kier molecular flexibility index (Phi) is 3.17. The minimum atomic E-state index is -0.496. The van der Waals surface area contributed by atoms with Crippen molar-refractivity contribution in [3.05, 3.63) is 29.8 Å². The van der Waals surface area contributed by atoms with Gasteiger partial charge in [-0.15, -0.1) is 0 Å². The van der Waals surface area contributed by atoms with Gasteiger partial charge in [-0.05, 0) is 44.5 Å². The Hall–Kier alpha value is -1.02. The van der Waals surface area contributed by atoms with Crippen molar-refractivity contribution in [3.8, 4) is 5.75 Å². The highest BCUT2D eigenvalue weighted by atomic mass is 35.5. The van der Waals surface area contributed by atoms with Crippen molar-refractivity contribution >= 4 is 16.8 Å². The number of carbonyl (C=O) groups excluding carboxylic acids is 1. The number of ether oxygens (including phenoxy) is 1. The zero-order chi connectivity index (χ0) is 10.8. The quantitative estimate of drug-likeness (QED) is 0.704. The van der Waals surface area contributed by atoms with E-state index in [0.29, 0.717) is 11.3 Å². The number of carbonyl (C=O) groups is 1. The summed E-state index contributed by atoms with van der Waals surface area (Å²) in [6.07, 6.45) is 0. The van der Waals surface area contributed by atoms with Gasteiger partial charge in [0.2, 0.25) is 0 Å². The van der Waals surface area contributed by atoms with E-state index in [1.807, 2.05) is 26.8 Å². The maximum absolute atomic E-state index is 11.0. The van der Waals surface area contributed by atoms with Crippen LogP contribution in [0.4, 0.5) is 0 Å². The lowest BCUT2D eigenvalue weighted by atomic mass is 10.1. The smallest absolute Gasteiger partial charge is 0.256 e. The minimum absolute atomic E-state index is 0.331. The van der Waals surface area contributed by atoms with Crippen molar-refractivity contribution < 1.29 is 9.53 Å². The number of hydrogen-bond donors (Lipinski definition) is 0. The molecule has 0 atom stereocenters. The average molecular weight is 213 g/mol. The van der Waals surface area contributed by atoms with Crippen molar-refractivity contribution in [3.63, 3.8) is 0 Å². The fourth-order valence-corrected chi connectivity index (χ4v) is 1.20. The Labute approximate surface area is 88.8 Å². The summed E-state index contributed by atoms with van der Waals surface area (Å²) >= 11 is 5.42. The van der Waals surface area contributed by atoms with E-state index in [1.54, 1.807) is 18.2 Å². The number of rotatable bonds is 2. The number of hydrogen-bond acceptors (Lipinski definition) is 2. The van der Waals surface area contributed by atoms with E-state index in [9.17, 15) is 4.79 Å². The van der Waals surface area contributed by atoms with Gasteiger partial charge >= 0.3 is 0 Å². The third-order valence-electron chi connectivity index (χ3n) is 1.51. The van der Waals surface area contributed by atoms with E-state index < -0.39 is 5.24 Å². The lowest BCUT2D eigenvalue weighted by Gasteiger charge is -2.22. The van der Waals surface area contributed by atoms with Gasteiger partial charge in [0.05, 0.1) is 5.56 Å². The van der Waals surface area contributed by atoms with E-state index in [2.05, 4.69) is 0 Å². The molecule has 0 N–H and O–H groups in total. The van der Waals surface area contributed by atoms with E-state index in [1.165, 1.54) is 0 Å². The molecule has 0 aromatic heterocycles. The van der Waals surface area contributed by atoms with Crippen LogP contribution in [0.2, 0.25) is 0 Å². The highest BCUT2D eigenvalue weighted by molar-refractivity contribution is 6.68. The molecule has 0 amide bonds. The van der Waals surface area contributed by atoms with Crippen molar-refractivity contribution in [1.29, 1.82) is 0 Å². The van der Waals surface area contributed by atoms with Crippen LogP contribution in [0.5, 0.6) is 5.75 Å². The summed E-state index contributed by atoms with van der Waals surface area (Å²) in [4.78, 5) is 11.0. The van der Waals surface area contributed by atoms with Gasteiger partial charge in [-0.3, -0.25) is 4.79 Å². The van der Waals surface area contributed by atoms with E-state index in [4.69, 9.17) is 16.3 Å². The van der Waals surface area contributed by atoms with Crippen LogP contribution >= 0.6 is 11.6 Å². The van der Waals surface area contributed by atoms with Gasteiger partial charge in [0, 0.05) is 0 Å². The van der Waals surface area contributed by atoms with E-state index >= 15 is 0 Å². The maximum atomic E-state index is 11.0. The zero-order valence-corrected chi connectivity index (χ0v) is 9.26. The fraction of sp³-hybridized carbons (Fsp3) is 0.364. The molecule has 1 aromatic carbocycles. The van der Waals surface area contributed by atoms with Gasteiger partial charge in [0.15, 0.2) is 0 Å². The summed E-state index contributed by atoms with van der Waals surface area (Å²) in [6.45, 7) is 5.76. The van der Waals surface area contributed by atoms with Gasteiger partial charge in [-0.1, -0.05) is 12.1 Å². The fourth-order valence-electron chi connectivity index (χ4n) is 1.05. The first-order valence-electron chi connectivity index (χ1n) is 4.38. The molecule has 0 heterocycles. The molecule has 0 unspecified atom stereocenters. The van der Waals surface area contributed by atoms with E-state index in [-0.39, 0.29) is 5.60 Å². The van der Waals surface area contributed by atoms with Crippen LogP contribution in [-0.4, -0.2) is 10.8 Å². The third kappa shape index (κ3) is 3.04. The lowest BCUT2D eigenvalue weighted by molar-refractivity contribution is 0.105. The Balaban J connectivity index is 3.02. The van der Waals surface area contributed by atoms with Crippen LogP contribution in [-0.2, 0) is 0 Å². The summed E-state index contributed by atoms with van der Waals surface area (Å²) in [5.74, 6) is 0.528. The molecule has 0 aliphatic heterocycles. The number of para-hydroxylation sites is 1. The Bertz CT molecular complexity index is 339. The molecule has 0 spiro atoms. The second-order valence-electron chi connectivity index (χ2n) is 3.98. The average Bonchev–Trinajstić information content (AvgIpc) is 2.01. The molecule has 3 heteroatoms. The molecule has 2 nitrogen and oxygen atoms in total. The SMILES string of the molecule is CC(C)(C)Oc1ccccc1C(=O)Cl. The largest absolute Gasteiger partial charge is 0.487 e. The minimum Gasteiger partial charge on any atom is -0.487 e. The molecule has 1 aromatic rings. The summed E-state index contributed by atoms with van der Waals surface area (Å²) in [5, 5.41) is -0.496. The summed E-state index contributed by atoms with van der Waals surface area (Å²) in [5.41, 5.74) is 0.0757. The van der Waals surface area contributed by atoms with Crippen molar-refractivity contribution in [2.45, 2.75) is 26.4 Å². The molecule has 1 rings (SSSR count). The topological polar surface area (TPSA) is 26.3 Å². The molecule has 76 valence electrons. The zero-order valence-electron chi connectivity index (χ0n) is 8.50. The third-order valence-corrected chi connectivity index (χ3v) is 1.72. The summed E-state index contributed by atoms with van der Waals surface area (Å²) in [6, 6.07) is 6.95. The van der Waals surface area contributed by atoms with Crippen LogP contribution < -0.4 is 4.74 Å². The van der Waals surface area contributed by atoms with Crippen LogP contribution in [0.15, 0.2) is 24.3 Å². The van der Waals surface area contributed by atoms with Crippen LogP contribution in [0.3, 0.4) is 0 Å². The second-order valence-corrected chi connectivity index (χ2v) is 4.33. The van der Waals surface area contributed by atoms with Gasteiger partial charge in [0.1, 0.15) is 11.4 Å². The molecular formula is C11H13ClO2. The standard InChI is InChI=1S/C11H13ClO2/c1-11(2,3)14-9-7-5-4-6-8(9)10(12)13/h4-7H,1-3H3. The van der Waals surface area contributed by atoms with Gasteiger partial charge in [0.25, 0.3) is 5.24 Å². The molecule has 0 bridgehead atoms. The monoisotopic (exact) mass is 212 g/mol. The van der Waals surface area contributed by atoms with Crippen molar-refractivity contribution in [2.75, 3.05) is 0 Å². The molecular weight excluding hydrogens is 200 g/mol. The molecule has 14 heavy (non-hydrogen) atoms. The summed E-state index contributed by atoms with van der Waals surface area (Å²) < 4.78 is 5.59. The first-order valence-corrected chi connectivity index (χ1v) is 4.76. The molecule has 0 aliphatic rings. The lowest BCUT2D eigenvalue weighted by Crippen LogP contribution is -2.23. The Morgan fingerprint density at radius 2 is 1.86 bits per heavy atom. The molecule has 0 saturated heterocycles.